The lowest BCUT2D eigenvalue weighted by Gasteiger charge is -2.09. The van der Waals surface area contributed by atoms with E-state index < -0.39 is 17.2 Å². The summed E-state index contributed by atoms with van der Waals surface area (Å²) in [6.07, 6.45) is 0. The second kappa shape index (κ2) is 7.04. The fraction of sp³-hybridized carbons (Fsp3) is 0.0435. The van der Waals surface area contributed by atoms with Gasteiger partial charge in [-0.1, -0.05) is 54.6 Å². The summed E-state index contributed by atoms with van der Waals surface area (Å²) in [6, 6.07) is 21.7. The Morgan fingerprint density at radius 2 is 1.54 bits per heavy atom. The first kappa shape index (κ1) is 17.5. The number of hydrogen-bond donors (Lipinski definition) is 1. The van der Waals surface area contributed by atoms with E-state index >= 15 is 0 Å². The van der Waals surface area contributed by atoms with Gasteiger partial charge < -0.3 is 14.3 Å². The van der Waals surface area contributed by atoms with Crippen LogP contribution in [0.25, 0.3) is 33.2 Å². The molecule has 0 saturated carbocycles. The van der Waals surface area contributed by atoms with Crippen LogP contribution < -0.4 is 10.2 Å². The number of aromatic carboxylic acids is 1. The lowest BCUT2D eigenvalue weighted by atomic mass is 9.98. The number of fused-ring (bicyclic) bond motifs is 1. The predicted octanol–water partition coefficient (Wildman–Crippen LogP) is 4.83. The van der Waals surface area contributed by atoms with Crippen LogP contribution in [0.4, 0.5) is 0 Å². The van der Waals surface area contributed by atoms with Crippen molar-refractivity contribution in [2.45, 2.75) is 0 Å². The van der Waals surface area contributed by atoms with Crippen molar-refractivity contribution >= 4 is 16.9 Å². The molecule has 1 N–H and O–H groups in total. The molecular formula is C23H16O5. The maximum absolute atomic E-state index is 13.0. The highest BCUT2D eigenvalue weighted by atomic mass is 16.5. The molecule has 4 rings (SSSR count). The summed E-state index contributed by atoms with van der Waals surface area (Å²) < 4.78 is 10.7. The largest absolute Gasteiger partial charge is 0.497 e. The van der Waals surface area contributed by atoms with Gasteiger partial charge >= 0.3 is 5.97 Å². The fourth-order valence-electron chi connectivity index (χ4n) is 3.17. The highest BCUT2D eigenvalue weighted by molar-refractivity contribution is 5.97. The first-order chi connectivity index (χ1) is 13.6. The van der Waals surface area contributed by atoms with Gasteiger partial charge in [-0.25, -0.2) is 4.79 Å². The zero-order chi connectivity index (χ0) is 19.7. The number of benzene rings is 3. The first-order valence-electron chi connectivity index (χ1n) is 8.62. The van der Waals surface area contributed by atoms with Crippen LogP contribution in [-0.2, 0) is 0 Å². The molecule has 0 atom stereocenters. The number of ether oxygens (including phenoxy) is 1. The molecule has 0 aliphatic heterocycles. The van der Waals surface area contributed by atoms with E-state index in [1.165, 1.54) is 13.2 Å². The Balaban J connectivity index is 1.90. The van der Waals surface area contributed by atoms with Crippen LogP contribution >= 0.6 is 0 Å². The van der Waals surface area contributed by atoms with E-state index in [1.54, 1.807) is 24.3 Å². The molecule has 1 aromatic heterocycles. The maximum Gasteiger partial charge on any atom is 0.372 e. The second-order valence-electron chi connectivity index (χ2n) is 6.25. The molecule has 0 aliphatic carbocycles. The summed E-state index contributed by atoms with van der Waals surface area (Å²) in [6.45, 7) is 0. The number of carbonyl (C=O) groups is 1. The van der Waals surface area contributed by atoms with Gasteiger partial charge in [-0.3, -0.25) is 4.79 Å². The standard InChI is InChI=1S/C23H16O5/c1-27-17-11-12-18-19(13-17)28-22(23(25)26)20(21(18)24)16-9-7-15(8-10-16)14-5-3-2-4-6-14/h2-13H,1H3,(H,25,26). The van der Waals surface area contributed by atoms with Crippen LogP contribution in [0.3, 0.4) is 0 Å². The van der Waals surface area contributed by atoms with Gasteiger partial charge in [0, 0.05) is 6.07 Å². The second-order valence-corrected chi connectivity index (χ2v) is 6.25. The van der Waals surface area contributed by atoms with Gasteiger partial charge in [0.05, 0.1) is 18.1 Å². The number of methoxy groups -OCH3 is 1. The molecule has 5 nitrogen and oxygen atoms in total. The Hall–Kier alpha value is -3.86. The van der Waals surface area contributed by atoms with Crippen LogP contribution in [0.15, 0.2) is 82.0 Å². The van der Waals surface area contributed by atoms with E-state index in [-0.39, 0.29) is 11.1 Å². The van der Waals surface area contributed by atoms with Crippen molar-refractivity contribution < 1.29 is 19.1 Å². The van der Waals surface area contributed by atoms with Gasteiger partial charge in [0.2, 0.25) is 11.2 Å². The molecule has 0 unspecified atom stereocenters. The molecule has 4 aromatic rings. The minimum Gasteiger partial charge on any atom is -0.497 e. The number of hydrogen-bond acceptors (Lipinski definition) is 4. The quantitative estimate of drug-likeness (QED) is 0.555. The summed E-state index contributed by atoms with van der Waals surface area (Å²) in [4.78, 5) is 24.8. The van der Waals surface area contributed by atoms with E-state index in [4.69, 9.17) is 9.15 Å². The summed E-state index contributed by atoms with van der Waals surface area (Å²) in [5.41, 5.74) is 2.30. The van der Waals surface area contributed by atoms with Crippen molar-refractivity contribution in [1.29, 1.82) is 0 Å². The minimum atomic E-state index is -1.30. The van der Waals surface area contributed by atoms with E-state index in [0.29, 0.717) is 16.7 Å². The van der Waals surface area contributed by atoms with Crippen LogP contribution in [0, 0.1) is 0 Å². The highest BCUT2D eigenvalue weighted by Crippen LogP contribution is 2.29. The summed E-state index contributed by atoms with van der Waals surface area (Å²) in [5, 5.41) is 9.91. The van der Waals surface area contributed by atoms with Crippen LogP contribution in [0.2, 0.25) is 0 Å². The molecule has 5 heteroatoms. The fourth-order valence-corrected chi connectivity index (χ4v) is 3.17. The molecule has 0 aliphatic rings. The topological polar surface area (TPSA) is 76.7 Å². The van der Waals surface area contributed by atoms with E-state index in [2.05, 4.69) is 0 Å². The van der Waals surface area contributed by atoms with Crippen molar-refractivity contribution in [2.75, 3.05) is 7.11 Å². The number of rotatable bonds is 4. The first-order valence-corrected chi connectivity index (χ1v) is 8.62. The zero-order valence-corrected chi connectivity index (χ0v) is 15.0. The van der Waals surface area contributed by atoms with Gasteiger partial charge in [0.15, 0.2) is 0 Å². The van der Waals surface area contributed by atoms with Crippen LogP contribution in [-0.4, -0.2) is 18.2 Å². The summed E-state index contributed by atoms with van der Waals surface area (Å²) in [5.74, 6) is -1.21. The molecule has 0 amide bonds. The maximum atomic E-state index is 13.0. The lowest BCUT2D eigenvalue weighted by molar-refractivity contribution is 0.0664. The van der Waals surface area contributed by atoms with Gasteiger partial charge in [-0.2, -0.15) is 0 Å². The van der Waals surface area contributed by atoms with Crippen LogP contribution in [0.5, 0.6) is 5.75 Å². The smallest absolute Gasteiger partial charge is 0.372 e. The third-order valence-electron chi connectivity index (χ3n) is 4.57. The van der Waals surface area contributed by atoms with Gasteiger partial charge in [-0.05, 0) is 28.8 Å². The molecule has 1 heterocycles. The third kappa shape index (κ3) is 3.03. The third-order valence-corrected chi connectivity index (χ3v) is 4.57. The molecule has 0 radical (unpaired) electrons. The Morgan fingerprint density at radius 3 is 2.18 bits per heavy atom. The Bertz CT molecular complexity index is 1220. The number of carboxylic acids is 1. The van der Waals surface area contributed by atoms with Crippen molar-refractivity contribution in [1.82, 2.24) is 0 Å². The SMILES string of the molecule is COc1ccc2c(=O)c(-c3ccc(-c4ccccc4)cc3)c(C(=O)O)oc2c1. The molecule has 0 saturated heterocycles. The number of carboxylic acid groups (broad SMARTS) is 1. The molecule has 0 spiro atoms. The molecule has 0 bridgehead atoms. The summed E-state index contributed by atoms with van der Waals surface area (Å²) >= 11 is 0. The van der Waals surface area contributed by atoms with Crippen LogP contribution in [0.1, 0.15) is 10.6 Å². The lowest BCUT2D eigenvalue weighted by Crippen LogP contribution is -2.12. The van der Waals surface area contributed by atoms with Crippen molar-refractivity contribution in [2.24, 2.45) is 0 Å². The average molecular weight is 372 g/mol. The molecule has 0 fully saturated rings. The van der Waals surface area contributed by atoms with Gasteiger partial charge in [0.1, 0.15) is 11.3 Å². The predicted molar refractivity (Wildman–Crippen MR) is 107 cm³/mol. The highest BCUT2D eigenvalue weighted by Gasteiger charge is 2.21. The molecule has 28 heavy (non-hydrogen) atoms. The Morgan fingerprint density at radius 1 is 0.893 bits per heavy atom. The Labute approximate surface area is 160 Å². The Kier molecular flexibility index (Phi) is 4.41. The molecular weight excluding hydrogens is 356 g/mol. The molecule has 3 aromatic carbocycles. The monoisotopic (exact) mass is 372 g/mol. The van der Waals surface area contributed by atoms with E-state index in [1.807, 2.05) is 42.5 Å². The van der Waals surface area contributed by atoms with Crippen molar-refractivity contribution in [3.05, 3.63) is 88.8 Å². The van der Waals surface area contributed by atoms with E-state index in [9.17, 15) is 14.7 Å². The van der Waals surface area contributed by atoms with Crippen molar-refractivity contribution in [3.63, 3.8) is 0 Å². The van der Waals surface area contributed by atoms with Gasteiger partial charge in [-0.15, -0.1) is 0 Å². The minimum absolute atomic E-state index is 0.0322. The molecule has 138 valence electrons. The van der Waals surface area contributed by atoms with E-state index in [0.717, 1.165) is 11.1 Å². The van der Waals surface area contributed by atoms with Gasteiger partial charge in [0.25, 0.3) is 0 Å². The summed E-state index contributed by atoms with van der Waals surface area (Å²) in [7, 11) is 1.49. The van der Waals surface area contributed by atoms with Crippen molar-refractivity contribution in [3.8, 4) is 28.0 Å². The zero-order valence-electron chi connectivity index (χ0n) is 15.0. The average Bonchev–Trinajstić information content (AvgIpc) is 2.74. The normalized spacial score (nSPS) is 10.8.